The van der Waals surface area contributed by atoms with Crippen molar-refractivity contribution in [2.45, 2.75) is 30.3 Å². The number of ether oxygens (including phenoxy) is 1. The Bertz CT molecular complexity index is 542. The third-order valence-corrected chi connectivity index (χ3v) is 5.07. The van der Waals surface area contributed by atoms with E-state index in [9.17, 15) is 8.42 Å². The van der Waals surface area contributed by atoms with Gasteiger partial charge in [-0.05, 0) is 37.5 Å². The smallest absolute Gasteiger partial charge is 0.242 e. The van der Waals surface area contributed by atoms with Crippen molar-refractivity contribution in [1.82, 2.24) is 4.72 Å². The number of nitrogens with one attached hydrogen (secondary N) is 1. The summed E-state index contributed by atoms with van der Waals surface area (Å²) in [6.45, 7) is 1.14. The molecule has 1 unspecified atom stereocenters. The van der Waals surface area contributed by atoms with E-state index in [1.54, 1.807) is 12.1 Å². The lowest BCUT2D eigenvalue weighted by atomic mass is 10.2. The van der Waals surface area contributed by atoms with Gasteiger partial charge in [-0.3, -0.25) is 0 Å². The number of benzene rings is 1. The number of nitrogen functional groups attached to an aromatic ring is 1. The average molecular weight is 349 g/mol. The highest BCUT2D eigenvalue weighted by molar-refractivity contribution is 9.10. The molecular weight excluding hydrogens is 332 g/mol. The van der Waals surface area contributed by atoms with Crippen LogP contribution in [0.4, 0.5) is 5.69 Å². The van der Waals surface area contributed by atoms with Gasteiger partial charge in [-0.25, -0.2) is 13.1 Å². The van der Waals surface area contributed by atoms with Crippen LogP contribution in [0.1, 0.15) is 19.3 Å². The summed E-state index contributed by atoms with van der Waals surface area (Å²) in [7, 11) is -3.55. The first-order chi connectivity index (χ1) is 8.99. The molecule has 1 aromatic rings. The number of sulfonamides is 1. The predicted octanol–water partition coefficient (Wildman–Crippen LogP) is 1.88. The number of halogens is 1. The van der Waals surface area contributed by atoms with E-state index in [0.717, 1.165) is 23.9 Å². The van der Waals surface area contributed by atoms with E-state index in [0.29, 0.717) is 13.0 Å². The summed E-state index contributed by atoms with van der Waals surface area (Å²) in [4.78, 5) is 0.114. The van der Waals surface area contributed by atoms with Crippen molar-refractivity contribution in [3.8, 4) is 0 Å². The number of nitrogens with two attached hydrogens (primary N) is 1. The van der Waals surface area contributed by atoms with E-state index >= 15 is 0 Å². The van der Waals surface area contributed by atoms with Crippen LogP contribution in [0.5, 0.6) is 0 Å². The Hall–Kier alpha value is -0.630. The van der Waals surface area contributed by atoms with E-state index in [1.165, 1.54) is 6.07 Å². The van der Waals surface area contributed by atoms with E-state index in [-0.39, 0.29) is 16.7 Å². The van der Waals surface area contributed by atoms with Gasteiger partial charge in [0.15, 0.2) is 0 Å². The molecule has 1 aliphatic heterocycles. The van der Waals surface area contributed by atoms with Crippen LogP contribution in [0.2, 0.25) is 0 Å². The Morgan fingerprint density at radius 3 is 2.89 bits per heavy atom. The lowest BCUT2D eigenvalue weighted by Crippen LogP contribution is -2.27. The molecule has 2 rings (SSSR count). The first-order valence-electron chi connectivity index (χ1n) is 6.15. The number of hydrogen-bond donors (Lipinski definition) is 2. The minimum Gasteiger partial charge on any atom is -0.398 e. The van der Waals surface area contributed by atoms with Gasteiger partial charge >= 0.3 is 0 Å². The van der Waals surface area contributed by atoms with Crippen molar-refractivity contribution in [1.29, 1.82) is 0 Å². The number of anilines is 1. The molecular formula is C12H17BrN2O3S. The first-order valence-corrected chi connectivity index (χ1v) is 8.43. The van der Waals surface area contributed by atoms with Gasteiger partial charge < -0.3 is 10.5 Å². The quantitative estimate of drug-likeness (QED) is 0.796. The molecule has 1 fully saturated rings. The third kappa shape index (κ3) is 3.92. The van der Waals surface area contributed by atoms with Gasteiger partial charge in [0.25, 0.3) is 0 Å². The van der Waals surface area contributed by atoms with Gasteiger partial charge in [-0.1, -0.05) is 15.9 Å². The molecule has 0 spiro atoms. The summed E-state index contributed by atoms with van der Waals surface area (Å²) in [5.74, 6) is 0. The molecule has 3 N–H and O–H groups in total. The number of hydrogen-bond acceptors (Lipinski definition) is 4. The molecule has 1 heterocycles. The van der Waals surface area contributed by atoms with Crippen LogP contribution < -0.4 is 10.5 Å². The third-order valence-electron chi connectivity index (χ3n) is 3.04. The Labute approximate surface area is 121 Å². The maximum atomic E-state index is 12.1. The van der Waals surface area contributed by atoms with Crippen LogP contribution in [0.3, 0.4) is 0 Å². The van der Waals surface area contributed by atoms with Crippen molar-refractivity contribution < 1.29 is 13.2 Å². The molecule has 0 saturated carbocycles. The summed E-state index contributed by atoms with van der Waals surface area (Å²) in [5.41, 5.74) is 5.96. The van der Waals surface area contributed by atoms with Gasteiger partial charge in [-0.2, -0.15) is 0 Å². The molecule has 1 saturated heterocycles. The summed E-state index contributed by atoms with van der Waals surface area (Å²) >= 11 is 3.25. The molecule has 5 nitrogen and oxygen atoms in total. The molecule has 0 aromatic heterocycles. The second-order valence-corrected chi connectivity index (χ2v) is 7.15. The minimum absolute atomic E-state index is 0.114. The van der Waals surface area contributed by atoms with Crippen LogP contribution in [-0.2, 0) is 14.8 Å². The molecule has 106 valence electrons. The van der Waals surface area contributed by atoms with Crippen molar-refractivity contribution in [3.05, 3.63) is 22.7 Å². The molecule has 1 aromatic carbocycles. The lowest BCUT2D eigenvalue weighted by Gasteiger charge is -2.12. The fourth-order valence-corrected chi connectivity index (χ4v) is 3.61. The minimum atomic E-state index is -3.55. The van der Waals surface area contributed by atoms with E-state index in [2.05, 4.69) is 20.7 Å². The second-order valence-electron chi connectivity index (χ2n) is 4.50. The van der Waals surface area contributed by atoms with Gasteiger partial charge in [0.1, 0.15) is 4.90 Å². The monoisotopic (exact) mass is 348 g/mol. The molecule has 7 heteroatoms. The van der Waals surface area contributed by atoms with Gasteiger partial charge in [0, 0.05) is 17.6 Å². The van der Waals surface area contributed by atoms with Gasteiger partial charge in [0.2, 0.25) is 10.0 Å². The highest BCUT2D eigenvalue weighted by Gasteiger charge is 2.19. The highest BCUT2D eigenvalue weighted by atomic mass is 79.9. The molecule has 0 radical (unpaired) electrons. The molecule has 0 aliphatic carbocycles. The van der Waals surface area contributed by atoms with Crippen molar-refractivity contribution in [2.24, 2.45) is 0 Å². The molecule has 1 aliphatic rings. The summed E-state index contributed by atoms with van der Waals surface area (Å²) < 4.78 is 32.9. The van der Waals surface area contributed by atoms with Crippen LogP contribution in [0.15, 0.2) is 27.6 Å². The summed E-state index contributed by atoms with van der Waals surface area (Å²) in [6.07, 6.45) is 2.92. The first kappa shape index (κ1) is 14.8. The standard InChI is InChI=1S/C12H17BrN2O3S/c13-9-3-4-12(11(14)8-9)19(16,17)15-6-5-10-2-1-7-18-10/h3-4,8,10,15H,1-2,5-7,14H2. The normalized spacial score (nSPS) is 19.7. The fourth-order valence-electron chi connectivity index (χ4n) is 2.07. The molecule has 0 amide bonds. The fraction of sp³-hybridized carbons (Fsp3) is 0.500. The topological polar surface area (TPSA) is 81.4 Å². The maximum absolute atomic E-state index is 12.1. The van der Waals surface area contributed by atoms with Crippen molar-refractivity contribution >= 4 is 31.6 Å². The van der Waals surface area contributed by atoms with Crippen LogP contribution >= 0.6 is 15.9 Å². The van der Waals surface area contributed by atoms with Crippen molar-refractivity contribution in [2.75, 3.05) is 18.9 Å². The molecule has 1 atom stereocenters. The van der Waals surface area contributed by atoms with Crippen molar-refractivity contribution in [3.63, 3.8) is 0 Å². The zero-order chi connectivity index (χ0) is 13.9. The Kier molecular flexibility index (Phi) is 4.83. The van der Waals surface area contributed by atoms with Crippen LogP contribution in [0, 0.1) is 0 Å². The Morgan fingerprint density at radius 1 is 1.47 bits per heavy atom. The second kappa shape index (κ2) is 6.21. The Balaban J connectivity index is 1.97. The number of rotatable bonds is 5. The van der Waals surface area contributed by atoms with E-state index < -0.39 is 10.0 Å². The zero-order valence-electron chi connectivity index (χ0n) is 10.4. The molecule has 0 bridgehead atoms. The average Bonchev–Trinajstić information content (AvgIpc) is 2.81. The maximum Gasteiger partial charge on any atom is 0.242 e. The SMILES string of the molecule is Nc1cc(Br)ccc1S(=O)(=O)NCCC1CCCO1. The highest BCUT2D eigenvalue weighted by Crippen LogP contribution is 2.22. The Morgan fingerprint density at radius 2 is 2.26 bits per heavy atom. The van der Waals surface area contributed by atoms with Crippen LogP contribution in [0.25, 0.3) is 0 Å². The zero-order valence-corrected chi connectivity index (χ0v) is 12.8. The largest absolute Gasteiger partial charge is 0.398 e. The van der Waals surface area contributed by atoms with Crippen LogP contribution in [-0.4, -0.2) is 27.7 Å². The summed E-state index contributed by atoms with van der Waals surface area (Å²) in [5, 5.41) is 0. The van der Waals surface area contributed by atoms with E-state index in [4.69, 9.17) is 10.5 Å². The predicted molar refractivity (Wildman–Crippen MR) is 77.3 cm³/mol. The van der Waals surface area contributed by atoms with Gasteiger partial charge in [0.05, 0.1) is 11.8 Å². The molecule has 19 heavy (non-hydrogen) atoms. The lowest BCUT2D eigenvalue weighted by molar-refractivity contribution is 0.105. The summed E-state index contributed by atoms with van der Waals surface area (Å²) in [6, 6.07) is 4.73. The van der Waals surface area contributed by atoms with E-state index in [1.807, 2.05) is 0 Å². The van der Waals surface area contributed by atoms with Gasteiger partial charge in [-0.15, -0.1) is 0 Å².